The highest BCUT2D eigenvalue weighted by Gasteiger charge is 2.18. The van der Waals surface area contributed by atoms with Crippen molar-refractivity contribution in [1.82, 2.24) is 14.7 Å². The Morgan fingerprint density at radius 2 is 1.77 bits per heavy atom. The largest absolute Gasteiger partial charge is 0.334 e. The summed E-state index contributed by atoms with van der Waals surface area (Å²) in [5.41, 5.74) is 2.25. The van der Waals surface area contributed by atoms with Gasteiger partial charge in [-0.25, -0.2) is 4.68 Å². The summed E-state index contributed by atoms with van der Waals surface area (Å²) in [6.07, 6.45) is 1.15. The fourth-order valence-electron chi connectivity index (χ4n) is 3.14. The number of likely N-dealkylation sites (N-methyl/N-ethyl adjacent to an activating group) is 1. The van der Waals surface area contributed by atoms with E-state index >= 15 is 0 Å². The molecule has 1 aromatic heterocycles. The second-order valence-corrected chi connectivity index (χ2v) is 7.81. The first-order valence-electron chi connectivity index (χ1n) is 10.1. The SMILES string of the molecule is CCCC(=O)N(CC)CC(=O)Nc1cc(-c2ccccc2)nn1-c1ccc(Cl)c(Cl)c1. The summed E-state index contributed by atoms with van der Waals surface area (Å²) >= 11 is 12.2. The second-order valence-electron chi connectivity index (χ2n) is 7.00. The highest BCUT2D eigenvalue weighted by Crippen LogP contribution is 2.28. The van der Waals surface area contributed by atoms with Gasteiger partial charge in [0.15, 0.2) is 0 Å². The van der Waals surface area contributed by atoms with E-state index in [0.717, 1.165) is 12.0 Å². The van der Waals surface area contributed by atoms with E-state index in [4.69, 9.17) is 23.2 Å². The first kappa shape index (κ1) is 22.8. The summed E-state index contributed by atoms with van der Waals surface area (Å²) in [6.45, 7) is 4.23. The molecule has 3 rings (SSSR count). The molecule has 2 aromatic carbocycles. The number of anilines is 1. The summed E-state index contributed by atoms with van der Waals surface area (Å²) in [5, 5.41) is 8.36. The van der Waals surface area contributed by atoms with Gasteiger partial charge in [0, 0.05) is 24.6 Å². The Kier molecular flexibility index (Phi) is 7.71. The lowest BCUT2D eigenvalue weighted by atomic mass is 10.1. The Bertz CT molecular complexity index is 1070. The van der Waals surface area contributed by atoms with E-state index in [-0.39, 0.29) is 18.4 Å². The molecule has 0 saturated heterocycles. The van der Waals surface area contributed by atoms with Gasteiger partial charge >= 0.3 is 0 Å². The van der Waals surface area contributed by atoms with Crippen molar-refractivity contribution in [2.75, 3.05) is 18.4 Å². The highest BCUT2D eigenvalue weighted by molar-refractivity contribution is 6.42. The number of hydrogen-bond acceptors (Lipinski definition) is 3. The second kappa shape index (κ2) is 10.5. The number of hydrogen-bond donors (Lipinski definition) is 1. The van der Waals surface area contributed by atoms with E-state index in [9.17, 15) is 9.59 Å². The smallest absolute Gasteiger partial charge is 0.245 e. The van der Waals surface area contributed by atoms with Crippen LogP contribution < -0.4 is 5.32 Å². The molecule has 6 nitrogen and oxygen atoms in total. The van der Waals surface area contributed by atoms with Crippen molar-refractivity contribution >= 4 is 40.8 Å². The van der Waals surface area contributed by atoms with Gasteiger partial charge in [0.2, 0.25) is 11.8 Å². The predicted molar refractivity (Wildman–Crippen MR) is 125 cm³/mol. The Balaban J connectivity index is 1.92. The summed E-state index contributed by atoms with van der Waals surface area (Å²) < 4.78 is 1.60. The maximum Gasteiger partial charge on any atom is 0.245 e. The number of benzene rings is 2. The molecule has 3 aromatic rings. The number of carbonyl (C=O) groups is 2. The number of nitrogens with zero attached hydrogens (tertiary/aromatic N) is 3. The van der Waals surface area contributed by atoms with Gasteiger partial charge in [-0.3, -0.25) is 9.59 Å². The molecule has 1 heterocycles. The maximum absolute atomic E-state index is 12.7. The third kappa shape index (κ3) is 5.66. The number of amides is 2. The number of aromatic nitrogens is 2. The van der Waals surface area contributed by atoms with Gasteiger partial charge in [-0.1, -0.05) is 60.5 Å². The summed E-state index contributed by atoms with van der Waals surface area (Å²) in [5.74, 6) is 0.136. The van der Waals surface area contributed by atoms with Crippen molar-refractivity contribution in [2.24, 2.45) is 0 Å². The topological polar surface area (TPSA) is 67.2 Å². The van der Waals surface area contributed by atoms with E-state index in [1.807, 2.05) is 44.2 Å². The van der Waals surface area contributed by atoms with Gasteiger partial charge in [-0.15, -0.1) is 0 Å². The van der Waals surface area contributed by atoms with E-state index in [2.05, 4.69) is 10.4 Å². The van der Waals surface area contributed by atoms with E-state index in [0.29, 0.717) is 40.2 Å². The van der Waals surface area contributed by atoms with Crippen molar-refractivity contribution in [3.63, 3.8) is 0 Å². The van der Waals surface area contributed by atoms with Crippen molar-refractivity contribution in [3.05, 3.63) is 64.6 Å². The standard InChI is InChI=1S/C23H24Cl2N4O2/c1-3-8-23(31)28(4-2)15-22(30)26-21-14-20(16-9-6-5-7-10-16)27-29(21)17-11-12-18(24)19(25)13-17/h5-7,9-14H,3-4,8,15H2,1-2H3,(H,26,30). The first-order valence-corrected chi connectivity index (χ1v) is 10.9. The molecule has 8 heteroatoms. The molecule has 0 radical (unpaired) electrons. The minimum absolute atomic E-state index is 0.0252. The monoisotopic (exact) mass is 458 g/mol. The zero-order valence-electron chi connectivity index (χ0n) is 17.4. The van der Waals surface area contributed by atoms with Crippen LogP contribution in [0.2, 0.25) is 10.0 Å². The molecule has 162 valence electrons. The van der Waals surface area contributed by atoms with Crippen LogP contribution in [-0.4, -0.2) is 39.6 Å². The molecule has 0 saturated carbocycles. The van der Waals surface area contributed by atoms with Gasteiger partial charge in [0.1, 0.15) is 5.82 Å². The Morgan fingerprint density at radius 1 is 1.03 bits per heavy atom. The van der Waals surface area contributed by atoms with Crippen molar-refractivity contribution in [3.8, 4) is 16.9 Å². The molecular weight excluding hydrogens is 435 g/mol. The molecule has 0 spiro atoms. The van der Waals surface area contributed by atoms with Crippen LogP contribution in [0.1, 0.15) is 26.7 Å². The van der Waals surface area contributed by atoms with E-state index in [1.54, 1.807) is 28.9 Å². The van der Waals surface area contributed by atoms with Gasteiger partial charge in [-0.05, 0) is 31.5 Å². The third-order valence-corrected chi connectivity index (χ3v) is 5.47. The molecule has 0 atom stereocenters. The lowest BCUT2D eigenvalue weighted by Crippen LogP contribution is -2.37. The fourth-order valence-corrected chi connectivity index (χ4v) is 3.43. The van der Waals surface area contributed by atoms with Crippen LogP contribution in [0.5, 0.6) is 0 Å². The average molecular weight is 459 g/mol. The van der Waals surface area contributed by atoms with Crippen molar-refractivity contribution < 1.29 is 9.59 Å². The summed E-state index contributed by atoms with van der Waals surface area (Å²) in [7, 11) is 0. The summed E-state index contributed by atoms with van der Waals surface area (Å²) in [4.78, 5) is 26.5. The molecule has 0 unspecified atom stereocenters. The van der Waals surface area contributed by atoms with Gasteiger partial charge in [0.05, 0.1) is 28.0 Å². The fraction of sp³-hybridized carbons (Fsp3) is 0.261. The average Bonchev–Trinajstić information content (AvgIpc) is 3.18. The number of carbonyl (C=O) groups excluding carboxylic acids is 2. The molecule has 31 heavy (non-hydrogen) atoms. The summed E-state index contributed by atoms with van der Waals surface area (Å²) in [6, 6.07) is 16.6. The zero-order chi connectivity index (χ0) is 22.4. The number of nitrogens with one attached hydrogen (secondary N) is 1. The zero-order valence-corrected chi connectivity index (χ0v) is 19.0. The molecule has 1 N–H and O–H groups in total. The van der Waals surface area contributed by atoms with Gasteiger partial charge in [0.25, 0.3) is 0 Å². The van der Waals surface area contributed by atoms with Crippen LogP contribution in [0.15, 0.2) is 54.6 Å². The van der Waals surface area contributed by atoms with Crippen molar-refractivity contribution in [2.45, 2.75) is 26.7 Å². The van der Waals surface area contributed by atoms with Crippen LogP contribution in [0.3, 0.4) is 0 Å². The highest BCUT2D eigenvalue weighted by atomic mass is 35.5. The molecule has 0 aliphatic carbocycles. The van der Waals surface area contributed by atoms with E-state index < -0.39 is 0 Å². The van der Waals surface area contributed by atoms with Crippen LogP contribution in [0.4, 0.5) is 5.82 Å². The maximum atomic E-state index is 12.7. The quantitative estimate of drug-likeness (QED) is 0.488. The normalized spacial score (nSPS) is 10.7. The molecule has 2 amide bonds. The molecule has 0 aliphatic rings. The van der Waals surface area contributed by atoms with Crippen LogP contribution in [0.25, 0.3) is 16.9 Å². The Morgan fingerprint density at radius 3 is 2.42 bits per heavy atom. The molecule has 0 aliphatic heterocycles. The molecule has 0 fully saturated rings. The van der Waals surface area contributed by atoms with Crippen LogP contribution in [0, 0.1) is 0 Å². The van der Waals surface area contributed by atoms with E-state index in [1.165, 1.54) is 4.90 Å². The van der Waals surface area contributed by atoms with Gasteiger partial charge in [-0.2, -0.15) is 5.10 Å². The molecular formula is C23H24Cl2N4O2. The number of rotatable bonds is 8. The van der Waals surface area contributed by atoms with Gasteiger partial charge < -0.3 is 10.2 Å². The lowest BCUT2D eigenvalue weighted by molar-refractivity contribution is -0.134. The predicted octanol–water partition coefficient (Wildman–Crippen LogP) is 5.43. The minimum atomic E-state index is -0.299. The first-order chi connectivity index (χ1) is 14.9. The molecule has 0 bridgehead atoms. The Labute approximate surface area is 191 Å². The van der Waals surface area contributed by atoms with Crippen LogP contribution >= 0.6 is 23.2 Å². The van der Waals surface area contributed by atoms with Crippen LogP contribution in [-0.2, 0) is 9.59 Å². The number of halogens is 2. The lowest BCUT2D eigenvalue weighted by Gasteiger charge is -2.20. The Hall–Kier alpha value is -2.83. The minimum Gasteiger partial charge on any atom is -0.334 e. The van der Waals surface area contributed by atoms with Crippen molar-refractivity contribution in [1.29, 1.82) is 0 Å². The third-order valence-electron chi connectivity index (χ3n) is 4.73.